The molecule has 1 aliphatic rings. The molecule has 0 amide bonds. The van der Waals surface area contributed by atoms with Gasteiger partial charge in [0.15, 0.2) is 0 Å². The normalized spacial score (nSPS) is 28.4. The lowest BCUT2D eigenvalue weighted by molar-refractivity contribution is 0.448. The monoisotopic (exact) mass is 156 g/mol. The van der Waals surface area contributed by atoms with Crippen LogP contribution in [0.25, 0.3) is 0 Å². The van der Waals surface area contributed by atoms with Crippen molar-refractivity contribution in [1.82, 2.24) is 0 Å². The van der Waals surface area contributed by atoms with Gasteiger partial charge < -0.3 is 0 Å². The van der Waals surface area contributed by atoms with Crippen LogP contribution >= 0.6 is 0 Å². The van der Waals surface area contributed by atoms with Crippen molar-refractivity contribution < 1.29 is 0 Å². The summed E-state index contributed by atoms with van der Waals surface area (Å²) in [4.78, 5) is 0. The molecule has 0 unspecified atom stereocenters. The molecule has 0 aromatic heterocycles. The van der Waals surface area contributed by atoms with Gasteiger partial charge in [0.2, 0.25) is 0 Å². The Morgan fingerprint density at radius 2 is 1.09 bits per heavy atom. The molecule has 11 heavy (non-hydrogen) atoms. The van der Waals surface area contributed by atoms with Gasteiger partial charge in [-0.15, -0.1) is 0 Å². The standard InChI is InChI=1S/C9H18.C2H6/c1-6(2)8-5-9(8)7(3)4;1-2/h6-9H,5H2,1-4H3;1-2H3/t8-,9+;. The van der Waals surface area contributed by atoms with Gasteiger partial charge in [0.25, 0.3) is 0 Å². The molecular formula is C11H24. The minimum Gasteiger partial charge on any atom is -0.0683 e. The minimum atomic E-state index is 0.928. The van der Waals surface area contributed by atoms with Crippen LogP contribution in [0.1, 0.15) is 48.0 Å². The molecule has 0 aliphatic heterocycles. The van der Waals surface area contributed by atoms with Crippen LogP contribution in [-0.2, 0) is 0 Å². The second-order valence-corrected chi connectivity index (χ2v) is 4.05. The Bertz CT molecular complexity index is 80.2. The predicted octanol–water partition coefficient (Wildman–Crippen LogP) is 3.96. The first-order valence-corrected chi connectivity index (χ1v) is 5.13. The molecule has 0 bridgehead atoms. The van der Waals surface area contributed by atoms with E-state index >= 15 is 0 Å². The summed E-state index contributed by atoms with van der Waals surface area (Å²) in [7, 11) is 0. The van der Waals surface area contributed by atoms with Gasteiger partial charge in [-0.05, 0) is 30.1 Å². The highest BCUT2D eigenvalue weighted by Crippen LogP contribution is 2.48. The first kappa shape index (κ1) is 11.0. The third kappa shape index (κ3) is 3.27. The first-order valence-electron chi connectivity index (χ1n) is 5.13. The van der Waals surface area contributed by atoms with E-state index in [0.717, 1.165) is 23.7 Å². The lowest BCUT2D eigenvalue weighted by Gasteiger charge is -2.04. The molecule has 0 aromatic carbocycles. The van der Waals surface area contributed by atoms with Crippen molar-refractivity contribution in [2.24, 2.45) is 23.7 Å². The van der Waals surface area contributed by atoms with Crippen LogP contribution in [0.3, 0.4) is 0 Å². The molecule has 0 saturated heterocycles. The number of rotatable bonds is 2. The Kier molecular flexibility index (Phi) is 4.79. The Hall–Kier alpha value is 0. The van der Waals surface area contributed by atoms with E-state index in [1.807, 2.05) is 13.8 Å². The molecule has 1 rings (SSSR count). The lowest BCUT2D eigenvalue weighted by atomic mass is 10.0. The minimum absolute atomic E-state index is 0.928. The van der Waals surface area contributed by atoms with Gasteiger partial charge in [0, 0.05) is 0 Å². The zero-order valence-corrected chi connectivity index (χ0v) is 9.02. The number of hydrogen-bond acceptors (Lipinski definition) is 0. The smallest absolute Gasteiger partial charge is 0.0357 e. The molecule has 0 aromatic rings. The van der Waals surface area contributed by atoms with E-state index in [4.69, 9.17) is 0 Å². The van der Waals surface area contributed by atoms with E-state index in [1.54, 1.807) is 0 Å². The van der Waals surface area contributed by atoms with Crippen LogP contribution in [0.2, 0.25) is 0 Å². The lowest BCUT2D eigenvalue weighted by Crippen LogP contribution is -1.97. The van der Waals surface area contributed by atoms with Gasteiger partial charge in [-0.3, -0.25) is 0 Å². The summed E-state index contributed by atoms with van der Waals surface area (Å²) in [5, 5.41) is 0. The van der Waals surface area contributed by atoms with E-state index in [-0.39, 0.29) is 0 Å². The fraction of sp³-hybridized carbons (Fsp3) is 1.00. The van der Waals surface area contributed by atoms with E-state index in [9.17, 15) is 0 Å². The zero-order valence-electron chi connectivity index (χ0n) is 9.02. The van der Waals surface area contributed by atoms with E-state index < -0.39 is 0 Å². The van der Waals surface area contributed by atoms with Crippen LogP contribution in [0, 0.1) is 23.7 Å². The predicted molar refractivity (Wildman–Crippen MR) is 52.6 cm³/mol. The summed E-state index contributed by atoms with van der Waals surface area (Å²) >= 11 is 0. The molecule has 0 spiro atoms. The molecule has 2 atom stereocenters. The molecular weight excluding hydrogens is 132 g/mol. The van der Waals surface area contributed by atoms with Crippen molar-refractivity contribution in [2.75, 3.05) is 0 Å². The fourth-order valence-corrected chi connectivity index (χ4v) is 1.77. The van der Waals surface area contributed by atoms with Crippen molar-refractivity contribution in [3.63, 3.8) is 0 Å². The molecule has 68 valence electrons. The highest BCUT2D eigenvalue weighted by molar-refractivity contribution is 4.89. The van der Waals surface area contributed by atoms with Crippen molar-refractivity contribution in [3.05, 3.63) is 0 Å². The Balaban J connectivity index is 0.000000461. The summed E-state index contributed by atoms with van der Waals surface area (Å²) in [6, 6.07) is 0. The van der Waals surface area contributed by atoms with Gasteiger partial charge in [-0.2, -0.15) is 0 Å². The average molecular weight is 156 g/mol. The molecule has 0 heterocycles. The van der Waals surface area contributed by atoms with Crippen molar-refractivity contribution >= 4 is 0 Å². The van der Waals surface area contributed by atoms with Gasteiger partial charge in [0.05, 0.1) is 0 Å². The molecule has 0 heteroatoms. The Morgan fingerprint density at radius 3 is 1.18 bits per heavy atom. The molecule has 0 radical (unpaired) electrons. The van der Waals surface area contributed by atoms with Crippen LogP contribution in [0.4, 0.5) is 0 Å². The SMILES string of the molecule is CC.CC(C)[C@H]1C[C@H]1C(C)C. The van der Waals surface area contributed by atoms with Gasteiger partial charge >= 0.3 is 0 Å². The summed E-state index contributed by atoms with van der Waals surface area (Å²) in [5.41, 5.74) is 0. The highest BCUT2D eigenvalue weighted by atomic mass is 14.5. The van der Waals surface area contributed by atoms with Gasteiger partial charge in [-0.1, -0.05) is 41.5 Å². The van der Waals surface area contributed by atoms with Crippen molar-refractivity contribution in [3.8, 4) is 0 Å². The maximum Gasteiger partial charge on any atom is -0.0357 e. The Labute approximate surface area is 72.4 Å². The second-order valence-electron chi connectivity index (χ2n) is 4.05. The molecule has 0 N–H and O–H groups in total. The maximum absolute atomic E-state index is 2.34. The third-order valence-electron chi connectivity index (χ3n) is 2.60. The quantitative estimate of drug-likeness (QED) is 0.567. The van der Waals surface area contributed by atoms with Crippen LogP contribution in [0.5, 0.6) is 0 Å². The maximum atomic E-state index is 2.34. The van der Waals surface area contributed by atoms with Gasteiger partial charge in [-0.25, -0.2) is 0 Å². The molecule has 0 nitrogen and oxygen atoms in total. The summed E-state index contributed by atoms with van der Waals surface area (Å²) in [6.07, 6.45) is 1.50. The van der Waals surface area contributed by atoms with E-state index in [2.05, 4.69) is 27.7 Å². The molecule has 1 saturated carbocycles. The van der Waals surface area contributed by atoms with Gasteiger partial charge in [0.1, 0.15) is 0 Å². The summed E-state index contributed by atoms with van der Waals surface area (Å²) < 4.78 is 0. The summed E-state index contributed by atoms with van der Waals surface area (Å²) in [6.45, 7) is 13.4. The third-order valence-corrected chi connectivity index (χ3v) is 2.60. The Morgan fingerprint density at radius 1 is 0.818 bits per heavy atom. The summed E-state index contributed by atoms with van der Waals surface area (Å²) in [5.74, 6) is 3.98. The number of hydrogen-bond donors (Lipinski definition) is 0. The van der Waals surface area contributed by atoms with Crippen LogP contribution in [-0.4, -0.2) is 0 Å². The van der Waals surface area contributed by atoms with E-state index in [1.165, 1.54) is 6.42 Å². The largest absolute Gasteiger partial charge is 0.0683 e. The zero-order chi connectivity index (χ0) is 9.02. The topological polar surface area (TPSA) is 0 Å². The average Bonchev–Trinajstić information content (AvgIpc) is 2.69. The van der Waals surface area contributed by atoms with Crippen molar-refractivity contribution in [1.29, 1.82) is 0 Å². The van der Waals surface area contributed by atoms with Crippen LogP contribution < -0.4 is 0 Å². The molecule has 1 aliphatic carbocycles. The van der Waals surface area contributed by atoms with Crippen molar-refractivity contribution in [2.45, 2.75) is 48.0 Å². The second kappa shape index (κ2) is 4.79. The highest BCUT2D eigenvalue weighted by Gasteiger charge is 2.40. The van der Waals surface area contributed by atoms with Crippen LogP contribution in [0.15, 0.2) is 0 Å². The fourth-order valence-electron chi connectivity index (χ4n) is 1.77. The molecule has 1 fully saturated rings. The first-order chi connectivity index (χ1) is 5.13. The van der Waals surface area contributed by atoms with E-state index in [0.29, 0.717) is 0 Å².